The largest absolute Gasteiger partial charge is 0.324 e. The van der Waals surface area contributed by atoms with Crippen molar-refractivity contribution < 1.29 is 13.2 Å². The lowest BCUT2D eigenvalue weighted by atomic mass is 10.0. The Morgan fingerprint density at radius 1 is 1.03 bits per heavy atom. The fourth-order valence-electron chi connectivity index (χ4n) is 3.60. The van der Waals surface area contributed by atoms with Gasteiger partial charge in [-0.25, -0.2) is 8.42 Å². The van der Waals surface area contributed by atoms with Gasteiger partial charge >= 0.3 is 0 Å². The summed E-state index contributed by atoms with van der Waals surface area (Å²) in [5.74, 6) is -0.311. The quantitative estimate of drug-likeness (QED) is 0.683. The van der Waals surface area contributed by atoms with Gasteiger partial charge in [0.05, 0.1) is 11.9 Å². The topological polar surface area (TPSA) is 66.5 Å². The molecule has 1 atom stereocenters. The van der Waals surface area contributed by atoms with Gasteiger partial charge in [0.1, 0.15) is 6.04 Å². The summed E-state index contributed by atoms with van der Waals surface area (Å²) in [5, 5.41) is 3.04. The molecule has 1 N–H and O–H groups in total. The van der Waals surface area contributed by atoms with Gasteiger partial charge in [0, 0.05) is 5.69 Å². The minimum atomic E-state index is -3.66. The fraction of sp³-hybridized carbons (Fsp3) is 0.435. The highest BCUT2D eigenvalue weighted by atomic mass is 32.2. The molecular formula is C23H32N2O3S. The zero-order valence-corrected chi connectivity index (χ0v) is 19.1. The van der Waals surface area contributed by atoms with Gasteiger partial charge in [-0.2, -0.15) is 0 Å². The van der Waals surface area contributed by atoms with Crippen LogP contribution in [0.4, 0.5) is 11.4 Å². The second-order valence-corrected chi connectivity index (χ2v) is 9.28. The molecule has 0 aliphatic rings. The van der Waals surface area contributed by atoms with E-state index < -0.39 is 16.1 Å². The third-order valence-electron chi connectivity index (χ3n) is 5.18. The predicted octanol–water partition coefficient (Wildman–Crippen LogP) is 4.61. The van der Waals surface area contributed by atoms with Crippen molar-refractivity contribution in [2.24, 2.45) is 0 Å². The first-order chi connectivity index (χ1) is 13.6. The van der Waals surface area contributed by atoms with Crippen LogP contribution >= 0.6 is 0 Å². The van der Waals surface area contributed by atoms with Crippen molar-refractivity contribution in [2.75, 3.05) is 15.9 Å². The molecule has 0 saturated heterocycles. The van der Waals surface area contributed by atoms with Crippen LogP contribution in [0.3, 0.4) is 0 Å². The monoisotopic (exact) mass is 416 g/mol. The molecule has 158 valence electrons. The van der Waals surface area contributed by atoms with E-state index in [0.717, 1.165) is 47.0 Å². The average molecular weight is 417 g/mol. The molecule has 0 aromatic heterocycles. The highest BCUT2D eigenvalue weighted by Gasteiger charge is 2.33. The van der Waals surface area contributed by atoms with Crippen LogP contribution in [0, 0.1) is 13.8 Å². The van der Waals surface area contributed by atoms with Crippen molar-refractivity contribution in [3.8, 4) is 0 Å². The van der Waals surface area contributed by atoms with Crippen LogP contribution in [-0.4, -0.2) is 26.6 Å². The van der Waals surface area contributed by atoms with E-state index in [2.05, 4.69) is 5.32 Å². The standard InChI is InChI=1S/C23H32N2O3S/c1-7-18-11-10-12-19(8-2)22(18)24-23(26)20(9-3)25(29(6,27)28)21-15-16(4)13-14-17(21)5/h10-15,20H,7-9H2,1-6H3,(H,24,26). The lowest BCUT2D eigenvalue weighted by molar-refractivity contribution is -0.117. The molecule has 0 heterocycles. The Labute approximate surface area is 175 Å². The van der Waals surface area contributed by atoms with Crippen LogP contribution in [0.15, 0.2) is 36.4 Å². The van der Waals surface area contributed by atoms with E-state index in [9.17, 15) is 13.2 Å². The lowest BCUT2D eigenvalue weighted by Gasteiger charge is -2.32. The van der Waals surface area contributed by atoms with E-state index in [1.165, 1.54) is 4.31 Å². The third kappa shape index (κ3) is 5.18. The molecular weight excluding hydrogens is 384 g/mol. The summed E-state index contributed by atoms with van der Waals surface area (Å²) in [6.07, 6.45) is 3.09. The second-order valence-electron chi connectivity index (χ2n) is 7.42. The molecule has 0 aliphatic carbocycles. The molecule has 0 radical (unpaired) electrons. The van der Waals surface area contributed by atoms with E-state index in [1.807, 2.05) is 71.0 Å². The maximum atomic E-state index is 13.3. The van der Waals surface area contributed by atoms with E-state index in [0.29, 0.717) is 12.1 Å². The van der Waals surface area contributed by atoms with Gasteiger partial charge in [0.25, 0.3) is 0 Å². The smallest absolute Gasteiger partial charge is 0.248 e. The van der Waals surface area contributed by atoms with Crippen molar-refractivity contribution >= 4 is 27.3 Å². The van der Waals surface area contributed by atoms with Crippen LogP contribution in [-0.2, 0) is 27.7 Å². The molecule has 0 spiro atoms. The summed E-state index contributed by atoms with van der Waals surface area (Å²) < 4.78 is 26.8. The van der Waals surface area contributed by atoms with E-state index >= 15 is 0 Å². The molecule has 2 aromatic carbocycles. The molecule has 1 unspecified atom stereocenters. The Balaban J connectivity index is 2.52. The molecule has 2 rings (SSSR count). The van der Waals surface area contributed by atoms with Gasteiger partial charge in [-0.15, -0.1) is 0 Å². The first-order valence-corrected chi connectivity index (χ1v) is 12.0. The molecule has 0 saturated carbocycles. The number of nitrogens with zero attached hydrogens (tertiary/aromatic N) is 1. The lowest BCUT2D eigenvalue weighted by Crippen LogP contribution is -2.47. The van der Waals surface area contributed by atoms with Gasteiger partial charge in [0.2, 0.25) is 15.9 Å². The number of aryl methyl sites for hydroxylation is 4. The van der Waals surface area contributed by atoms with Crippen LogP contribution in [0.2, 0.25) is 0 Å². The Kier molecular flexibility index (Phi) is 7.47. The fourth-order valence-corrected chi connectivity index (χ4v) is 4.86. The number of carbonyl (C=O) groups excluding carboxylic acids is 1. The molecule has 1 amide bonds. The van der Waals surface area contributed by atoms with E-state index in [4.69, 9.17) is 0 Å². The van der Waals surface area contributed by atoms with Crippen molar-refractivity contribution in [1.82, 2.24) is 0 Å². The maximum Gasteiger partial charge on any atom is 0.248 e. The molecule has 0 fully saturated rings. The number of amides is 1. The number of carbonyl (C=O) groups is 1. The summed E-state index contributed by atoms with van der Waals surface area (Å²) in [4.78, 5) is 13.3. The minimum absolute atomic E-state index is 0.311. The number of rotatable bonds is 8. The van der Waals surface area contributed by atoms with Crippen LogP contribution in [0.1, 0.15) is 49.4 Å². The Morgan fingerprint density at radius 2 is 1.62 bits per heavy atom. The number of hydrogen-bond donors (Lipinski definition) is 1. The summed E-state index contributed by atoms with van der Waals surface area (Å²) in [5.41, 5.74) is 5.20. The number of benzene rings is 2. The van der Waals surface area contributed by atoms with Gasteiger partial charge in [-0.05, 0) is 61.4 Å². The van der Waals surface area contributed by atoms with Gasteiger partial charge < -0.3 is 5.32 Å². The predicted molar refractivity (Wildman–Crippen MR) is 121 cm³/mol. The first-order valence-electron chi connectivity index (χ1n) is 10.1. The van der Waals surface area contributed by atoms with Crippen LogP contribution in [0.5, 0.6) is 0 Å². The van der Waals surface area contributed by atoms with Crippen molar-refractivity contribution in [3.05, 3.63) is 58.7 Å². The molecule has 2 aromatic rings. The highest BCUT2D eigenvalue weighted by Crippen LogP contribution is 2.29. The van der Waals surface area contributed by atoms with Crippen molar-refractivity contribution in [1.29, 1.82) is 0 Å². The number of nitrogens with one attached hydrogen (secondary N) is 1. The van der Waals surface area contributed by atoms with E-state index in [1.54, 1.807) is 0 Å². The summed E-state index contributed by atoms with van der Waals surface area (Å²) >= 11 is 0. The number of sulfonamides is 1. The zero-order chi connectivity index (χ0) is 21.8. The SMILES string of the molecule is CCc1cccc(CC)c1NC(=O)C(CC)N(c1cc(C)ccc1C)S(C)(=O)=O. The normalized spacial score (nSPS) is 12.5. The highest BCUT2D eigenvalue weighted by molar-refractivity contribution is 7.92. The summed E-state index contributed by atoms with van der Waals surface area (Å²) in [7, 11) is -3.66. The van der Waals surface area contributed by atoms with E-state index in [-0.39, 0.29) is 5.91 Å². The molecule has 0 bridgehead atoms. The Morgan fingerprint density at radius 3 is 2.10 bits per heavy atom. The zero-order valence-electron chi connectivity index (χ0n) is 18.2. The molecule has 5 nitrogen and oxygen atoms in total. The third-order valence-corrected chi connectivity index (χ3v) is 6.34. The number of anilines is 2. The minimum Gasteiger partial charge on any atom is -0.324 e. The molecule has 0 aliphatic heterocycles. The number of hydrogen-bond acceptors (Lipinski definition) is 3. The molecule has 6 heteroatoms. The van der Waals surface area contributed by atoms with Crippen LogP contribution in [0.25, 0.3) is 0 Å². The van der Waals surface area contributed by atoms with Gasteiger partial charge in [0.15, 0.2) is 0 Å². The Bertz CT molecular complexity index is 961. The van der Waals surface area contributed by atoms with Gasteiger partial charge in [-0.3, -0.25) is 9.10 Å². The molecule has 29 heavy (non-hydrogen) atoms. The number of para-hydroxylation sites is 1. The summed E-state index contributed by atoms with van der Waals surface area (Å²) in [6, 6.07) is 10.8. The second kappa shape index (κ2) is 9.44. The van der Waals surface area contributed by atoms with Crippen molar-refractivity contribution in [2.45, 2.75) is 59.9 Å². The van der Waals surface area contributed by atoms with Crippen LogP contribution < -0.4 is 9.62 Å². The van der Waals surface area contributed by atoms with Gasteiger partial charge in [-0.1, -0.05) is 51.1 Å². The first kappa shape index (κ1) is 22.9. The maximum absolute atomic E-state index is 13.3. The summed E-state index contributed by atoms with van der Waals surface area (Å²) in [6.45, 7) is 9.69. The van der Waals surface area contributed by atoms with Crippen molar-refractivity contribution in [3.63, 3.8) is 0 Å². The average Bonchev–Trinajstić information content (AvgIpc) is 2.67. The Hall–Kier alpha value is -2.34.